The van der Waals surface area contributed by atoms with Crippen LogP contribution < -0.4 is 4.74 Å². The molecule has 2 heterocycles. The maximum Gasteiger partial charge on any atom is 0.142 e. The molecule has 0 radical (unpaired) electrons. The number of pyridine rings is 1. The molecule has 1 atom stereocenters. The summed E-state index contributed by atoms with van der Waals surface area (Å²) in [7, 11) is 0. The van der Waals surface area contributed by atoms with Gasteiger partial charge in [-0.15, -0.1) is 24.8 Å². The van der Waals surface area contributed by atoms with Crippen molar-refractivity contribution in [3.8, 4) is 5.75 Å². The molecule has 1 aromatic rings. The minimum Gasteiger partial charge on any atom is -0.477 e. The van der Waals surface area contributed by atoms with Gasteiger partial charge in [0.2, 0.25) is 0 Å². The lowest BCUT2D eigenvalue weighted by molar-refractivity contribution is 0.121. The van der Waals surface area contributed by atoms with Crippen molar-refractivity contribution < 1.29 is 4.74 Å². The molecule has 16 heavy (non-hydrogen) atoms. The van der Waals surface area contributed by atoms with Gasteiger partial charge in [0, 0.05) is 18.8 Å². The van der Waals surface area contributed by atoms with Crippen LogP contribution in [-0.4, -0.2) is 29.2 Å². The van der Waals surface area contributed by atoms with Crippen molar-refractivity contribution in [1.29, 1.82) is 0 Å². The van der Waals surface area contributed by atoms with Crippen LogP contribution in [0.2, 0.25) is 0 Å². The number of hydrogen-bond acceptors (Lipinski definition) is 3. The summed E-state index contributed by atoms with van der Waals surface area (Å²) in [6.45, 7) is 4.09. The number of likely N-dealkylation sites (tertiary alicyclic amines) is 1. The van der Waals surface area contributed by atoms with E-state index < -0.39 is 0 Å². The van der Waals surface area contributed by atoms with Crippen LogP contribution in [0, 0.1) is 0 Å². The Morgan fingerprint density at radius 2 is 2.31 bits per heavy atom. The highest BCUT2D eigenvalue weighted by molar-refractivity contribution is 5.85. The molecule has 3 nitrogen and oxygen atoms in total. The fraction of sp³-hybridized carbons (Fsp3) is 0.545. The van der Waals surface area contributed by atoms with Crippen molar-refractivity contribution in [3.05, 3.63) is 24.5 Å². The number of aromatic nitrogens is 1. The predicted octanol–water partition coefficient (Wildman–Crippen LogP) is 2.75. The monoisotopic (exact) mass is 264 g/mol. The van der Waals surface area contributed by atoms with Gasteiger partial charge in [0.15, 0.2) is 0 Å². The van der Waals surface area contributed by atoms with E-state index in [2.05, 4.69) is 16.8 Å². The summed E-state index contributed by atoms with van der Waals surface area (Å²) in [4.78, 5) is 6.36. The van der Waals surface area contributed by atoms with E-state index in [1.807, 2.05) is 12.1 Å². The smallest absolute Gasteiger partial charge is 0.142 e. The van der Waals surface area contributed by atoms with Crippen molar-refractivity contribution in [2.45, 2.75) is 25.8 Å². The van der Waals surface area contributed by atoms with Gasteiger partial charge in [0.25, 0.3) is 0 Å². The Hall–Kier alpha value is -0.510. The first-order chi connectivity index (χ1) is 6.86. The zero-order valence-corrected chi connectivity index (χ0v) is 11.0. The van der Waals surface area contributed by atoms with E-state index in [0.717, 1.165) is 12.3 Å². The molecule has 1 aliphatic rings. The second-order valence-corrected chi connectivity index (χ2v) is 3.77. The van der Waals surface area contributed by atoms with E-state index in [1.165, 1.54) is 12.8 Å². The van der Waals surface area contributed by atoms with Crippen LogP contribution in [0.3, 0.4) is 0 Å². The van der Waals surface area contributed by atoms with E-state index in [0.29, 0.717) is 12.8 Å². The molecule has 1 unspecified atom stereocenters. The summed E-state index contributed by atoms with van der Waals surface area (Å²) in [5, 5.41) is 0. The van der Waals surface area contributed by atoms with Crippen LogP contribution in [0.5, 0.6) is 5.75 Å². The number of halogens is 2. The molecular weight excluding hydrogens is 247 g/mol. The summed E-state index contributed by atoms with van der Waals surface area (Å²) in [6.07, 6.45) is 6.08. The summed E-state index contributed by atoms with van der Waals surface area (Å²) in [6, 6.07) is 4.49. The minimum absolute atomic E-state index is 0. The third kappa shape index (κ3) is 4.16. The molecular formula is C11H18Cl2N2O. The van der Waals surface area contributed by atoms with Crippen LogP contribution in [0.4, 0.5) is 0 Å². The summed E-state index contributed by atoms with van der Waals surface area (Å²) >= 11 is 0. The van der Waals surface area contributed by atoms with Crippen molar-refractivity contribution >= 4 is 24.8 Å². The van der Waals surface area contributed by atoms with Crippen molar-refractivity contribution in [2.24, 2.45) is 0 Å². The standard InChI is InChI=1S/C11H16N2O.2ClH/c1-10-4-3-7-13(10)9-14-11-5-2-6-12-8-11;;/h2,5-6,8,10H,3-4,7,9H2,1H3;2*1H. The van der Waals surface area contributed by atoms with Gasteiger partial charge in [-0.3, -0.25) is 9.88 Å². The summed E-state index contributed by atoms with van der Waals surface area (Å²) < 4.78 is 5.62. The Balaban J connectivity index is 0.00000112. The van der Waals surface area contributed by atoms with E-state index in [-0.39, 0.29) is 24.8 Å². The maximum absolute atomic E-state index is 5.62. The largest absolute Gasteiger partial charge is 0.477 e. The topological polar surface area (TPSA) is 25.4 Å². The average molecular weight is 265 g/mol. The van der Waals surface area contributed by atoms with Crippen molar-refractivity contribution in [2.75, 3.05) is 13.3 Å². The zero-order valence-electron chi connectivity index (χ0n) is 9.33. The lowest BCUT2D eigenvalue weighted by atomic mass is 10.2. The first kappa shape index (κ1) is 15.5. The Kier molecular flexibility index (Phi) is 7.47. The van der Waals surface area contributed by atoms with Gasteiger partial charge in [-0.25, -0.2) is 0 Å². The number of hydrogen-bond donors (Lipinski definition) is 0. The molecule has 0 aliphatic carbocycles. The van der Waals surface area contributed by atoms with Crippen LogP contribution in [0.1, 0.15) is 19.8 Å². The molecule has 1 aliphatic heterocycles. The number of ether oxygens (including phenoxy) is 1. The predicted molar refractivity (Wildman–Crippen MR) is 69.6 cm³/mol. The Labute approximate surface area is 109 Å². The molecule has 1 fully saturated rings. The molecule has 1 saturated heterocycles. The Morgan fingerprint density at radius 3 is 2.88 bits per heavy atom. The highest BCUT2D eigenvalue weighted by Gasteiger charge is 2.19. The first-order valence-corrected chi connectivity index (χ1v) is 5.13. The highest BCUT2D eigenvalue weighted by Crippen LogP contribution is 2.16. The van der Waals surface area contributed by atoms with Crippen LogP contribution in [0.15, 0.2) is 24.5 Å². The zero-order chi connectivity index (χ0) is 9.80. The van der Waals surface area contributed by atoms with Gasteiger partial charge in [-0.05, 0) is 31.9 Å². The molecule has 0 saturated carbocycles. The molecule has 2 rings (SSSR count). The highest BCUT2D eigenvalue weighted by atomic mass is 35.5. The molecule has 92 valence electrons. The third-order valence-electron chi connectivity index (χ3n) is 2.72. The summed E-state index contributed by atoms with van der Waals surface area (Å²) in [5.41, 5.74) is 0. The fourth-order valence-corrected chi connectivity index (χ4v) is 1.77. The Bertz CT molecular complexity index is 285. The van der Waals surface area contributed by atoms with Crippen LogP contribution in [0.25, 0.3) is 0 Å². The van der Waals surface area contributed by atoms with E-state index >= 15 is 0 Å². The van der Waals surface area contributed by atoms with Gasteiger partial charge in [0.1, 0.15) is 12.5 Å². The molecule has 1 aromatic heterocycles. The molecule has 0 amide bonds. The third-order valence-corrected chi connectivity index (χ3v) is 2.72. The van der Waals surface area contributed by atoms with Crippen LogP contribution >= 0.6 is 24.8 Å². The van der Waals surface area contributed by atoms with E-state index in [1.54, 1.807) is 12.4 Å². The Morgan fingerprint density at radius 1 is 1.50 bits per heavy atom. The van der Waals surface area contributed by atoms with E-state index in [4.69, 9.17) is 4.74 Å². The number of rotatable bonds is 3. The molecule has 0 aromatic carbocycles. The second-order valence-electron chi connectivity index (χ2n) is 3.77. The van der Waals surface area contributed by atoms with E-state index in [9.17, 15) is 0 Å². The lowest BCUT2D eigenvalue weighted by Gasteiger charge is -2.20. The minimum atomic E-state index is 0. The molecule has 0 spiro atoms. The normalized spacial score (nSPS) is 19.7. The fourth-order valence-electron chi connectivity index (χ4n) is 1.77. The van der Waals surface area contributed by atoms with Gasteiger partial charge in [0.05, 0.1) is 6.20 Å². The van der Waals surface area contributed by atoms with Gasteiger partial charge >= 0.3 is 0 Å². The van der Waals surface area contributed by atoms with Gasteiger partial charge in [-0.1, -0.05) is 0 Å². The molecule has 5 heteroatoms. The first-order valence-electron chi connectivity index (χ1n) is 5.13. The molecule has 0 N–H and O–H groups in total. The lowest BCUT2D eigenvalue weighted by Crippen LogP contribution is -2.30. The average Bonchev–Trinajstić information content (AvgIpc) is 2.63. The van der Waals surface area contributed by atoms with Crippen LogP contribution in [-0.2, 0) is 0 Å². The molecule has 0 bridgehead atoms. The number of nitrogens with zero attached hydrogens (tertiary/aromatic N) is 2. The quantitative estimate of drug-likeness (QED) is 0.840. The van der Waals surface area contributed by atoms with Crippen molar-refractivity contribution in [1.82, 2.24) is 9.88 Å². The van der Waals surface area contributed by atoms with Crippen molar-refractivity contribution in [3.63, 3.8) is 0 Å². The second kappa shape index (κ2) is 7.71. The summed E-state index contributed by atoms with van der Waals surface area (Å²) in [5.74, 6) is 0.853. The maximum atomic E-state index is 5.62. The SMILES string of the molecule is CC1CCCN1COc1cccnc1.Cl.Cl. The van der Waals surface area contributed by atoms with Gasteiger partial charge < -0.3 is 4.74 Å². The van der Waals surface area contributed by atoms with Gasteiger partial charge in [-0.2, -0.15) is 0 Å².